The summed E-state index contributed by atoms with van der Waals surface area (Å²) < 4.78 is 1.30. The lowest BCUT2D eigenvalue weighted by molar-refractivity contribution is -0.118. The van der Waals surface area contributed by atoms with E-state index in [2.05, 4.69) is 20.7 Å². The number of aromatic amines is 1. The molecule has 0 bridgehead atoms. The fraction of sp³-hybridized carbons (Fsp3) is 0.167. The van der Waals surface area contributed by atoms with Gasteiger partial charge in [0.1, 0.15) is 5.75 Å². The van der Waals surface area contributed by atoms with Crippen LogP contribution < -0.4 is 5.43 Å². The third kappa shape index (κ3) is 4.96. The van der Waals surface area contributed by atoms with Crippen LogP contribution in [-0.4, -0.2) is 32.7 Å². The molecule has 6 nitrogen and oxygen atoms in total. The van der Waals surface area contributed by atoms with Crippen molar-refractivity contribution in [2.75, 3.05) is 5.75 Å². The van der Waals surface area contributed by atoms with Gasteiger partial charge in [0.2, 0.25) is 0 Å². The standard InChI is InChI=1S/C12H12N4O2S3/c1-7(8-2-4-9(17)5-3-8)13-14-10(18)6-20-12-16-15-11(19)21-12/h2-5,17H,6H2,1H3,(H,14,18)(H,15,19). The summed E-state index contributed by atoms with van der Waals surface area (Å²) in [6, 6.07) is 6.59. The average molecular weight is 340 g/mol. The summed E-state index contributed by atoms with van der Waals surface area (Å²) in [5.74, 6) is 0.176. The lowest BCUT2D eigenvalue weighted by Crippen LogP contribution is -2.21. The van der Waals surface area contributed by atoms with Gasteiger partial charge in [0.15, 0.2) is 8.29 Å². The number of rotatable bonds is 5. The molecule has 0 aliphatic carbocycles. The molecular formula is C12H12N4O2S3. The highest BCUT2D eigenvalue weighted by atomic mass is 32.2. The first kappa shape index (κ1) is 15.7. The predicted molar refractivity (Wildman–Crippen MR) is 86.5 cm³/mol. The number of hydrazone groups is 1. The van der Waals surface area contributed by atoms with E-state index < -0.39 is 0 Å². The second-order valence-electron chi connectivity index (χ2n) is 3.95. The summed E-state index contributed by atoms with van der Waals surface area (Å²) in [7, 11) is 0. The predicted octanol–water partition coefficient (Wildman–Crippen LogP) is 2.54. The second kappa shape index (κ2) is 7.34. The Hall–Kier alpha value is -1.71. The van der Waals surface area contributed by atoms with Crippen LogP contribution in [0.5, 0.6) is 5.75 Å². The summed E-state index contributed by atoms with van der Waals surface area (Å²) >= 11 is 7.53. The van der Waals surface area contributed by atoms with Crippen molar-refractivity contribution in [1.29, 1.82) is 0 Å². The molecule has 0 radical (unpaired) electrons. The van der Waals surface area contributed by atoms with Gasteiger partial charge in [0.05, 0.1) is 11.5 Å². The van der Waals surface area contributed by atoms with E-state index in [-0.39, 0.29) is 17.4 Å². The number of aromatic hydroxyl groups is 1. The van der Waals surface area contributed by atoms with E-state index in [1.807, 2.05) is 0 Å². The molecule has 0 saturated carbocycles. The van der Waals surface area contributed by atoms with Crippen molar-refractivity contribution in [3.8, 4) is 5.75 Å². The van der Waals surface area contributed by atoms with Crippen molar-refractivity contribution in [3.05, 3.63) is 33.8 Å². The SMILES string of the molecule is CC(=NNC(=O)CSc1n[nH]c(=S)s1)c1ccc(O)cc1. The van der Waals surface area contributed by atoms with Gasteiger partial charge in [-0.3, -0.25) is 9.89 Å². The second-order valence-corrected chi connectivity index (χ2v) is 6.83. The maximum Gasteiger partial charge on any atom is 0.250 e. The number of aromatic nitrogens is 2. The molecule has 0 spiro atoms. The monoisotopic (exact) mass is 340 g/mol. The first-order valence-corrected chi connectivity index (χ1v) is 8.06. The molecule has 0 aliphatic rings. The molecule has 0 unspecified atom stereocenters. The molecule has 3 N–H and O–H groups in total. The van der Waals surface area contributed by atoms with E-state index in [9.17, 15) is 9.90 Å². The molecule has 110 valence electrons. The molecule has 1 heterocycles. The summed E-state index contributed by atoms with van der Waals surface area (Å²) in [4.78, 5) is 11.7. The van der Waals surface area contributed by atoms with E-state index in [0.29, 0.717) is 9.67 Å². The number of nitrogens with zero attached hydrogens (tertiary/aromatic N) is 2. The van der Waals surface area contributed by atoms with E-state index in [1.54, 1.807) is 31.2 Å². The van der Waals surface area contributed by atoms with Crippen molar-refractivity contribution in [1.82, 2.24) is 15.6 Å². The number of hydrogen-bond acceptors (Lipinski definition) is 7. The van der Waals surface area contributed by atoms with E-state index in [0.717, 1.165) is 9.90 Å². The van der Waals surface area contributed by atoms with Gasteiger partial charge in [-0.1, -0.05) is 23.1 Å². The van der Waals surface area contributed by atoms with Gasteiger partial charge in [0, 0.05) is 0 Å². The molecular weight excluding hydrogens is 328 g/mol. The van der Waals surface area contributed by atoms with Crippen LogP contribution in [0.1, 0.15) is 12.5 Å². The number of phenolic OH excluding ortho intramolecular Hbond substituents is 1. The Bertz CT molecular complexity index is 706. The number of amides is 1. The molecule has 9 heteroatoms. The van der Waals surface area contributed by atoms with E-state index in [1.165, 1.54) is 23.1 Å². The van der Waals surface area contributed by atoms with E-state index in [4.69, 9.17) is 12.2 Å². The quantitative estimate of drug-likeness (QED) is 0.337. The van der Waals surface area contributed by atoms with E-state index >= 15 is 0 Å². The van der Waals surface area contributed by atoms with Gasteiger partial charge in [-0.2, -0.15) is 10.2 Å². The number of phenols is 1. The van der Waals surface area contributed by atoms with Crippen LogP contribution in [0.25, 0.3) is 0 Å². The van der Waals surface area contributed by atoms with Crippen LogP contribution in [0.3, 0.4) is 0 Å². The summed E-state index contributed by atoms with van der Waals surface area (Å²) in [5.41, 5.74) is 3.96. The van der Waals surface area contributed by atoms with Gasteiger partial charge >= 0.3 is 0 Å². The number of carbonyl (C=O) groups excluding carboxylic acids is 1. The molecule has 1 amide bonds. The van der Waals surface area contributed by atoms with Gasteiger partial charge in [-0.05, 0) is 49.0 Å². The zero-order valence-electron chi connectivity index (χ0n) is 11.0. The van der Waals surface area contributed by atoms with Crippen molar-refractivity contribution in [3.63, 3.8) is 0 Å². The largest absolute Gasteiger partial charge is 0.508 e. The molecule has 0 fully saturated rings. The Labute approximate surface area is 134 Å². The maximum absolute atomic E-state index is 11.7. The van der Waals surface area contributed by atoms with Crippen LogP contribution in [0.4, 0.5) is 0 Å². The smallest absolute Gasteiger partial charge is 0.250 e. The molecule has 1 aromatic carbocycles. The Morgan fingerprint density at radius 1 is 1.52 bits per heavy atom. The Morgan fingerprint density at radius 3 is 2.86 bits per heavy atom. The molecule has 0 aliphatic heterocycles. The Morgan fingerprint density at radius 2 is 2.24 bits per heavy atom. The maximum atomic E-state index is 11.7. The topological polar surface area (TPSA) is 90.4 Å². The zero-order valence-corrected chi connectivity index (χ0v) is 13.4. The first-order valence-electron chi connectivity index (χ1n) is 5.85. The minimum atomic E-state index is -0.223. The minimum Gasteiger partial charge on any atom is -0.508 e. The molecule has 1 aromatic heterocycles. The highest BCUT2D eigenvalue weighted by Gasteiger charge is 2.05. The highest BCUT2D eigenvalue weighted by molar-refractivity contribution is 8.01. The fourth-order valence-corrected chi connectivity index (χ4v) is 3.22. The molecule has 0 atom stereocenters. The van der Waals surface area contributed by atoms with Crippen LogP contribution in [0.15, 0.2) is 33.7 Å². The van der Waals surface area contributed by atoms with Crippen LogP contribution in [-0.2, 0) is 4.79 Å². The van der Waals surface area contributed by atoms with Crippen molar-refractivity contribution in [2.24, 2.45) is 5.10 Å². The number of H-pyrrole nitrogens is 1. The first-order chi connectivity index (χ1) is 10.0. The fourth-order valence-electron chi connectivity index (χ4n) is 1.35. The van der Waals surface area contributed by atoms with Gasteiger partial charge in [-0.25, -0.2) is 5.43 Å². The average Bonchev–Trinajstić information content (AvgIpc) is 2.89. The third-order valence-electron chi connectivity index (χ3n) is 2.38. The Balaban J connectivity index is 1.86. The number of thioether (sulfide) groups is 1. The van der Waals surface area contributed by atoms with Crippen molar-refractivity contribution < 1.29 is 9.90 Å². The van der Waals surface area contributed by atoms with Gasteiger partial charge in [-0.15, -0.1) is 0 Å². The van der Waals surface area contributed by atoms with Gasteiger partial charge < -0.3 is 5.11 Å². The van der Waals surface area contributed by atoms with Crippen molar-refractivity contribution in [2.45, 2.75) is 11.3 Å². The summed E-state index contributed by atoms with van der Waals surface area (Å²) in [6.45, 7) is 1.78. The lowest BCUT2D eigenvalue weighted by atomic mass is 10.1. The number of hydrogen-bond donors (Lipinski definition) is 3. The number of benzene rings is 1. The number of nitrogens with one attached hydrogen (secondary N) is 2. The molecule has 21 heavy (non-hydrogen) atoms. The molecule has 0 saturated heterocycles. The molecule has 2 rings (SSSR count). The minimum absolute atomic E-state index is 0.188. The third-order valence-corrected chi connectivity index (χ3v) is 4.61. The zero-order chi connectivity index (χ0) is 15.2. The summed E-state index contributed by atoms with van der Waals surface area (Å²) in [5, 5.41) is 19.8. The highest BCUT2D eigenvalue weighted by Crippen LogP contribution is 2.19. The lowest BCUT2D eigenvalue weighted by Gasteiger charge is -2.02. The van der Waals surface area contributed by atoms with Crippen LogP contribution in [0, 0.1) is 3.95 Å². The van der Waals surface area contributed by atoms with Crippen LogP contribution in [0.2, 0.25) is 0 Å². The summed E-state index contributed by atoms with van der Waals surface area (Å²) in [6.07, 6.45) is 0. The van der Waals surface area contributed by atoms with Gasteiger partial charge in [0.25, 0.3) is 5.91 Å². The number of carbonyl (C=O) groups is 1. The van der Waals surface area contributed by atoms with Crippen molar-refractivity contribution >= 4 is 46.9 Å². The molecule has 2 aromatic rings. The Kier molecular flexibility index (Phi) is 5.48. The van der Waals surface area contributed by atoms with Crippen LogP contribution >= 0.6 is 35.3 Å². The normalized spacial score (nSPS) is 11.4.